The Bertz CT molecular complexity index is 688. The average molecular weight is 347 g/mol. The predicted molar refractivity (Wildman–Crippen MR) is 86.8 cm³/mol. The molecular weight excluding hydrogens is 332 g/mol. The molecule has 0 saturated carbocycles. The SMILES string of the molecule is Nc1cc(Br)ccc1C(=O)N1CCCOc2ccccc21. The third-order valence-electron chi connectivity index (χ3n) is 3.43. The van der Waals surface area contributed by atoms with Gasteiger partial charge >= 0.3 is 0 Å². The van der Waals surface area contributed by atoms with Crippen molar-refractivity contribution in [3.8, 4) is 5.75 Å². The summed E-state index contributed by atoms with van der Waals surface area (Å²) < 4.78 is 6.54. The van der Waals surface area contributed by atoms with Gasteiger partial charge < -0.3 is 15.4 Å². The molecule has 4 nitrogen and oxygen atoms in total. The Morgan fingerprint density at radius 1 is 1.24 bits per heavy atom. The fraction of sp³-hybridized carbons (Fsp3) is 0.188. The number of nitrogens with zero attached hydrogens (tertiary/aromatic N) is 1. The van der Waals surface area contributed by atoms with Crippen LogP contribution in [-0.2, 0) is 0 Å². The Labute approximate surface area is 131 Å². The van der Waals surface area contributed by atoms with E-state index in [1.807, 2.05) is 30.3 Å². The van der Waals surface area contributed by atoms with Gasteiger partial charge in [-0.25, -0.2) is 0 Å². The first kappa shape index (κ1) is 13.9. The molecule has 0 spiro atoms. The summed E-state index contributed by atoms with van der Waals surface area (Å²) in [5.74, 6) is 0.636. The number of hydrogen-bond acceptors (Lipinski definition) is 3. The van der Waals surface area contributed by atoms with Crippen LogP contribution in [0.5, 0.6) is 5.75 Å². The second kappa shape index (κ2) is 5.77. The van der Waals surface area contributed by atoms with Crippen molar-refractivity contribution in [1.29, 1.82) is 0 Å². The molecule has 2 N–H and O–H groups in total. The molecule has 1 aliphatic heterocycles. The van der Waals surface area contributed by atoms with Crippen LogP contribution in [0.2, 0.25) is 0 Å². The number of nitrogen functional groups attached to an aromatic ring is 1. The van der Waals surface area contributed by atoms with Crippen molar-refractivity contribution >= 4 is 33.2 Å². The lowest BCUT2D eigenvalue weighted by molar-refractivity contribution is 0.0988. The number of anilines is 2. The van der Waals surface area contributed by atoms with E-state index in [2.05, 4.69) is 15.9 Å². The van der Waals surface area contributed by atoms with Crippen molar-refractivity contribution < 1.29 is 9.53 Å². The summed E-state index contributed by atoms with van der Waals surface area (Å²) in [5, 5.41) is 0. The Morgan fingerprint density at radius 2 is 2.05 bits per heavy atom. The van der Waals surface area contributed by atoms with Crippen LogP contribution in [0.1, 0.15) is 16.8 Å². The molecule has 1 aliphatic rings. The van der Waals surface area contributed by atoms with Crippen molar-refractivity contribution in [3.63, 3.8) is 0 Å². The minimum atomic E-state index is -0.0991. The van der Waals surface area contributed by atoms with Gasteiger partial charge in [-0.05, 0) is 36.8 Å². The molecule has 0 fully saturated rings. The number of amides is 1. The maximum Gasteiger partial charge on any atom is 0.260 e. The summed E-state index contributed by atoms with van der Waals surface area (Å²) in [6.07, 6.45) is 0.789. The highest BCUT2D eigenvalue weighted by Gasteiger charge is 2.24. The molecule has 0 bridgehead atoms. The van der Waals surface area contributed by atoms with E-state index in [0.717, 1.165) is 22.3 Å². The van der Waals surface area contributed by atoms with Crippen LogP contribution in [0.4, 0.5) is 11.4 Å². The number of nitrogens with two attached hydrogens (primary N) is 1. The molecule has 1 amide bonds. The lowest BCUT2D eigenvalue weighted by atomic mass is 10.1. The summed E-state index contributed by atoms with van der Waals surface area (Å²) in [7, 11) is 0. The second-order valence-electron chi connectivity index (χ2n) is 4.86. The summed E-state index contributed by atoms with van der Waals surface area (Å²) in [5.41, 5.74) is 7.75. The molecule has 5 heteroatoms. The van der Waals surface area contributed by atoms with E-state index in [1.54, 1.807) is 17.0 Å². The first-order valence-electron chi connectivity index (χ1n) is 6.75. The van der Waals surface area contributed by atoms with Crippen LogP contribution in [0.25, 0.3) is 0 Å². The zero-order valence-corrected chi connectivity index (χ0v) is 13.0. The summed E-state index contributed by atoms with van der Waals surface area (Å²) in [6.45, 7) is 1.22. The molecule has 0 saturated heterocycles. The number of benzene rings is 2. The van der Waals surface area contributed by atoms with Gasteiger partial charge in [0.25, 0.3) is 5.91 Å². The number of hydrogen-bond donors (Lipinski definition) is 1. The van der Waals surface area contributed by atoms with E-state index >= 15 is 0 Å². The summed E-state index contributed by atoms with van der Waals surface area (Å²) in [4.78, 5) is 14.6. The number of halogens is 1. The summed E-state index contributed by atoms with van der Waals surface area (Å²) in [6, 6.07) is 12.9. The molecule has 2 aromatic rings. The molecule has 2 aromatic carbocycles. The monoisotopic (exact) mass is 346 g/mol. The van der Waals surface area contributed by atoms with Crippen molar-refractivity contribution in [2.75, 3.05) is 23.8 Å². The molecule has 0 radical (unpaired) electrons. The van der Waals surface area contributed by atoms with E-state index in [4.69, 9.17) is 10.5 Å². The van der Waals surface area contributed by atoms with E-state index in [9.17, 15) is 4.79 Å². The number of para-hydroxylation sites is 2. The van der Waals surface area contributed by atoms with Crippen LogP contribution in [-0.4, -0.2) is 19.1 Å². The largest absolute Gasteiger partial charge is 0.491 e. The molecular formula is C16H15BrN2O2. The number of ether oxygens (including phenoxy) is 1. The van der Waals surface area contributed by atoms with Gasteiger partial charge in [0.15, 0.2) is 0 Å². The maximum absolute atomic E-state index is 12.8. The molecule has 21 heavy (non-hydrogen) atoms. The predicted octanol–water partition coefficient (Wildman–Crippen LogP) is 3.46. The van der Waals surface area contributed by atoms with Gasteiger partial charge in [-0.3, -0.25) is 4.79 Å². The Hall–Kier alpha value is -2.01. The highest BCUT2D eigenvalue weighted by molar-refractivity contribution is 9.10. The van der Waals surface area contributed by atoms with E-state index in [0.29, 0.717) is 24.4 Å². The number of rotatable bonds is 1. The average Bonchev–Trinajstić information content (AvgIpc) is 2.69. The third kappa shape index (κ3) is 2.74. The number of carbonyl (C=O) groups is 1. The number of carbonyl (C=O) groups excluding carboxylic acids is 1. The quantitative estimate of drug-likeness (QED) is 0.804. The fourth-order valence-electron chi connectivity index (χ4n) is 2.41. The van der Waals surface area contributed by atoms with Gasteiger partial charge in [-0.15, -0.1) is 0 Å². The van der Waals surface area contributed by atoms with Gasteiger partial charge in [0.05, 0.1) is 17.9 Å². The smallest absolute Gasteiger partial charge is 0.260 e. The van der Waals surface area contributed by atoms with Gasteiger partial charge in [0.2, 0.25) is 0 Å². The molecule has 3 rings (SSSR count). The second-order valence-corrected chi connectivity index (χ2v) is 5.77. The normalized spacial score (nSPS) is 14.0. The minimum absolute atomic E-state index is 0.0991. The van der Waals surface area contributed by atoms with Crippen LogP contribution < -0.4 is 15.4 Å². The van der Waals surface area contributed by atoms with Crippen molar-refractivity contribution in [2.45, 2.75) is 6.42 Å². The molecule has 0 unspecified atom stereocenters. The van der Waals surface area contributed by atoms with Crippen molar-refractivity contribution in [3.05, 3.63) is 52.5 Å². The Kier molecular flexibility index (Phi) is 3.84. The lowest BCUT2D eigenvalue weighted by Gasteiger charge is -2.22. The highest BCUT2D eigenvalue weighted by Crippen LogP contribution is 2.32. The molecule has 1 heterocycles. The Morgan fingerprint density at radius 3 is 2.86 bits per heavy atom. The van der Waals surface area contributed by atoms with Gasteiger partial charge in [-0.2, -0.15) is 0 Å². The van der Waals surface area contributed by atoms with Gasteiger partial charge in [-0.1, -0.05) is 28.1 Å². The zero-order valence-electron chi connectivity index (χ0n) is 11.4. The standard InChI is InChI=1S/C16H15BrN2O2/c17-11-6-7-12(13(18)10-11)16(20)19-8-3-9-21-15-5-2-1-4-14(15)19/h1-2,4-7,10H,3,8-9,18H2. The van der Waals surface area contributed by atoms with Gasteiger partial charge in [0.1, 0.15) is 5.75 Å². The first-order chi connectivity index (χ1) is 10.2. The van der Waals surface area contributed by atoms with Crippen molar-refractivity contribution in [2.24, 2.45) is 0 Å². The van der Waals surface area contributed by atoms with E-state index in [1.165, 1.54) is 0 Å². The lowest BCUT2D eigenvalue weighted by Crippen LogP contribution is -2.32. The highest BCUT2D eigenvalue weighted by atomic mass is 79.9. The molecule has 0 aromatic heterocycles. The first-order valence-corrected chi connectivity index (χ1v) is 7.55. The molecule has 0 atom stereocenters. The van der Waals surface area contributed by atoms with Crippen molar-refractivity contribution in [1.82, 2.24) is 0 Å². The number of fused-ring (bicyclic) bond motifs is 1. The zero-order chi connectivity index (χ0) is 14.8. The summed E-state index contributed by atoms with van der Waals surface area (Å²) >= 11 is 3.35. The minimum Gasteiger partial charge on any atom is -0.491 e. The maximum atomic E-state index is 12.8. The Balaban J connectivity index is 2.01. The third-order valence-corrected chi connectivity index (χ3v) is 3.92. The van der Waals surface area contributed by atoms with Gasteiger partial charge in [0, 0.05) is 16.7 Å². The van der Waals surface area contributed by atoms with Crippen LogP contribution in [0, 0.1) is 0 Å². The van der Waals surface area contributed by atoms with Crippen LogP contribution in [0.15, 0.2) is 46.9 Å². The van der Waals surface area contributed by atoms with E-state index < -0.39 is 0 Å². The molecule has 108 valence electrons. The van der Waals surface area contributed by atoms with E-state index in [-0.39, 0.29) is 5.91 Å². The van der Waals surface area contributed by atoms with Crippen LogP contribution in [0.3, 0.4) is 0 Å². The molecule has 0 aliphatic carbocycles. The topological polar surface area (TPSA) is 55.6 Å². The van der Waals surface area contributed by atoms with Crippen LogP contribution >= 0.6 is 15.9 Å². The fourth-order valence-corrected chi connectivity index (χ4v) is 2.79.